The first-order valence-corrected chi connectivity index (χ1v) is 10.7. The third kappa shape index (κ3) is 6.75. The number of quaternary nitrogens is 1. The van der Waals surface area contributed by atoms with Crippen molar-refractivity contribution in [1.29, 1.82) is 0 Å². The molecule has 0 amide bonds. The highest BCUT2D eigenvalue weighted by molar-refractivity contribution is 7.99. The van der Waals surface area contributed by atoms with E-state index in [9.17, 15) is 31.1 Å². The number of ether oxygens (including phenoxy) is 1. The Balaban J connectivity index is 2.01. The molecule has 11 heteroatoms. The Morgan fingerprint density at radius 3 is 2.30 bits per heavy atom. The number of halogens is 6. The molecule has 2 aromatic carbocycles. The van der Waals surface area contributed by atoms with Crippen LogP contribution in [0.3, 0.4) is 0 Å². The summed E-state index contributed by atoms with van der Waals surface area (Å²) < 4.78 is 87.9. The summed E-state index contributed by atoms with van der Waals surface area (Å²) in [5, 5.41) is 10.7. The molecule has 1 aliphatic heterocycles. The lowest BCUT2D eigenvalue weighted by molar-refractivity contribution is -0.616. The fourth-order valence-corrected chi connectivity index (χ4v) is 4.59. The predicted octanol–water partition coefficient (Wildman–Crippen LogP) is 5.35. The zero-order chi connectivity index (χ0) is 24.2. The number of benzene rings is 2. The number of rotatable bonds is 6. The van der Waals surface area contributed by atoms with E-state index in [0.717, 1.165) is 30.7 Å². The Bertz CT molecular complexity index is 1030. The van der Waals surface area contributed by atoms with Gasteiger partial charge in [0.25, 0.3) is 0 Å². The van der Waals surface area contributed by atoms with Crippen molar-refractivity contribution in [2.75, 3.05) is 13.2 Å². The van der Waals surface area contributed by atoms with Crippen LogP contribution in [-0.4, -0.2) is 30.3 Å². The van der Waals surface area contributed by atoms with Gasteiger partial charge < -0.3 is 15.2 Å². The topological polar surface area (TPSA) is 63.1 Å². The summed E-state index contributed by atoms with van der Waals surface area (Å²) in [5.41, 5.74) is -3.87. The summed E-state index contributed by atoms with van der Waals surface area (Å²) >= 11 is 0.576. The number of aliphatic carboxylic acids is 1. The van der Waals surface area contributed by atoms with E-state index in [1.54, 1.807) is 18.2 Å². The Morgan fingerprint density at radius 2 is 1.70 bits per heavy atom. The molecule has 0 saturated carbocycles. The van der Waals surface area contributed by atoms with Crippen LogP contribution in [-0.2, 0) is 21.9 Å². The third-order valence-electron chi connectivity index (χ3n) is 4.95. The van der Waals surface area contributed by atoms with E-state index >= 15 is 0 Å². The molecular formula is C22H20F6NO3S+. The van der Waals surface area contributed by atoms with Gasteiger partial charge in [-0.25, -0.2) is 4.79 Å². The summed E-state index contributed by atoms with van der Waals surface area (Å²) in [6.45, 7) is 1.24. The molecule has 0 atom stereocenters. The summed E-state index contributed by atoms with van der Waals surface area (Å²) in [6, 6.07) is 8.60. The molecule has 1 heterocycles. The number of hydrogen-bond acceptors (Lipinski definition) is 3. The molecule has 1 aliphatic rings. The van der Waals surface area contributed by atoms with E-state index in [0.29, 0.717) is 42.0 Å². The SMILES string of the molecule is O=C(O)C=Cc1ccc(Sc2cccc([NH2+]C3CCOCC3)c2)c(C(F)(F)F)c1C(F)(F)F. The van der Waals surface area contributed by atoms with Crippen molar-refractivity contribution in [3.63, 3.8) is 0 Å². The average molecular weight is 492 g/mol. The van der Waals surface area contributed by atoms with E-state index in [4.69, 9.17) is 9.84 Å². The van der Waals surface area contributed by atoms with E-state index in [2.05, 4.69) is 0 Å². The Kier molecular flexibility index (Phi) is 7.76. The monoisotopic (exact) mass is 492 g/mol. The highest BCUT2D eigenvalue weighted by atomic mass is 32.2. The van der Waals surface area contributed by atoms with Crippen molar-refractivity contribution >= 4 is 29.5 Å². The Hall–Kier alpha value is -2.50. The van der Waals surface area contributed by atoms with Gasteiger partial charge >= 0.3 is 18.3 Å². The fraction of sp³-hybridized carbons (Fsp3) is 0.318. The van der Waals surface area contributed by atoms with Gasteiger partial charge in [0.15, 0.2) is 0 Å². The smallest absolute Gasteiger partial charge is 0.418 e. The van der Waals surface area contributed by atoms with Crippen LogP contribution in [0.1, 0.15) is 29.5 Å². The van der Waals surface area contributed by atoms with E-state index in [1.165, 1.54) is 6.07 Å². The molecule has 33 heavy (non-hydrogen) atoms. The number of carboxylic acid groups (broad SMARTS) is 1. The molecule has 3 rings (SSSR count). The zero-order valence-corrected chi connectivity index (χ0v) is 17.9. The molecule has 178 valence electrons. The number of carbonyl (C=O) groups is 1. The molecule has 0 aromatic heterocycles. The van der Waals surface area contributed by atoms with Crippen molar-refractivity contribution in [3.8, 4) is 0 Å². The lowest BCUT2D eigenvalue weighted by atomic mass is 9.99. The van der Waals surface area contributed by atoms with Gasteiger partial charge in [0, 0.05) is 34.8 Å². The minimum atomic E-state index is -5.35. The van der Waals surface area contributed by atoms with Crippen LogP contribution in [0, 0.1) is 0 Å². The first-order valence-electron chi connectivity index (χ1n) is 9.88. The maximum Gasteiger partial charge on any atom is 0.418 e. The maximum absolute atomic E-state index is 13.8. The second-order valence-electron chi connectivity index (χ2n) is 7.36. The van der Waals surface area contributed by atoms with E-state index in [-0.39, 0.29) is 6.04 Å². The van der Waals surface area contributed by atoms with Crippen LogP contribution in [0.5, 0.6) is 0 Å². The summed E-state index contributed by atoms with van der Waals surface area (Å²) in [6.07, 6.45) is -8.15. The van der Waals surface area contributed by atoms with Crippen LogP contribution < -0.4 is 5.32 Å². The normalized spacial score (nSPS) is 15.8. The van der Waals surface area contributed by atoms with Crippen LogP contribution in [0.15, 0.2) is 52.3 Å². The molecular weight excluding hydrogens is 472 g/mol. The predicted molar refractivity (Wildman–Crippen MR) is 109 cm³/mol. The minimum absolute atomic E-state index is 0.252. The molecule has 0 aliphatic carbocycles. The molecule has 3 N–H and O–H groups in total. The second-order valence-corrected chi connectivity index (χ2v) is 8.48. The molecule has 0 bridgehead atoms. The summed E-state index contributed by atoms with van der Waals surface area (Å²) in [7, 11) is 0. The van der Waals surface area contributed by atoms with Gasteiger partial charge in [-0.1, -0.05) is 23.9 Å². The van der Waals surface area contributed by atoms with Crippen molar-refractivity contribution in [2.45, 2.75) is 41.0 Å². The molecule has 0 spiro atoms. The lowest BCUT2D eigenvalue weighted by Crippen LogP contribution is -2.85. The largest absolute Gasteiger partial charge is 0.478 e. The van der Waals surface area contributed by atoms with Crippen LogP contribution >= 0.6 is 11.8 Å². The number of hydrogen-bond donors (Lipinski definition) is 2. The van der Waals surface area contributed by atoms with Gasteiger partial charge in [-0.15, -0.1) is 0 Å². The van der Waals surface area contributed by atoms with Gasteiger partial charge in [-0.3, -0.25) is 0 Å². The first kappa shape index (κ1) is 25.1. The van der Waals surface area contributed by atoms with Gasteiger partial charge in [-0.05, 0) is 29.8 Å². The number of alkyl halides is 6. The molecule has 4 nitrogen and oxygen atoms in total. The Morgan fingerprint density at radius 1 is 1.03 bits per heavy atom. The molecule has 0 unspecified atom stereocenters. The second kappa shape index (κ2) is 10.2. The van der Waals surface area contributed by atoms with E-state index < -0.39 is 39.9 Å². The van der Waals surface area contributed by atoms with Gasteiger partial charge in [-0.2, -0.15) is 26.3 Å². The van der Waals surface area contributed by atoms with Crippen LogP contribution in [0.25, 0.3) is 6.08 Å². The van der Waals surface area contributed by atoms with Crippen LogP contribution in [0.2, 0.25) is 0 Å². The maximum atomic E-state index is 13.8. The van der Waals surface area contributed by atoms with Crippen LogP contribution in [0.4, 0.5) is 32.0 Å². The third-order valence-corrected chi connectivity index (χ3v) is 6.00. The van der Waals surface area contributed by atoms with E-state index in [1.807, 2.05) is 5.32 Å². The standard InChI is InChI=1S/C22H19F6NO3S/c23-21(24,25)19-13(5-7-18(30)31)4-6-17(20(19)22(26,27)28)33-16-3-1-2-15(12-16)29-14-8-10-32-11-9-14/h1-7,12,14,29H,8-11H2,(H,30,31)/p+1. The fourth-order valence-electron chi connectivity index (χ4n) is 3.53. The lowest BCUT2D eigenvalue weighted by Gasteiger charge is -2.21. The number of nitrogens with two attached hydrogens (primary N) is 1. The van der Waals surface area contributed by atoms with Gasteiger partial charge in [0.05, 0.1) is 30.4 Å². The highest BCUT2D eigenvalue weighted by Gasteiger charge is 2.46. The molecule has 2 aromatic rings. The summed E-state index contributed by atoms with van der Waals surface area (Å²) in [5.74, 6) is -1.58. The average Bonchev–Trinajstić information content (AvgIpc) is 2.72. The molecule has 0 radical (unpaired) electrons. The first-order chi connectivity index (χ1) is 15.4. The Labute approximate surface area is 189 Å². The quantitative estimate of drug-likeness (QED) is 0.324. The molecule has 1 fully saturated rings. The van der Waals surface area contributed by atoms with Crippen molar-refractivity contribution in [2.24, 2.45) is 0 Å². The number of carboxylic acids is 1. The van der Waals surface area contributed by atoms with Crippen molar-refractivity contribution in [3.05, 3.63) is 59.2 Å². The van der Waals surface area contributed by atoms with Gasteiger partial charge in [0.1, 0.15) is 5.69 Å². The van der Waals surface area contributed by atoms with Crippen molar-refractivity contribution in [1.82, 2.24) is 0 Å². The zero-order valence-electron chi connectivity index (χ0n) is 17.0. The van der Waals surface area contributed by atoms with Gasteiger partial charge in [0.2, 0.25) is 0 Å². The van der Waals surface area contributed by atoms with Crippen molar-refractivity contribution < 1.29 is 46.3 Å². The highest BCUT2D eigenvalue weighted by Crippen LogP contribution is 2.48. The minimum Gasteiger partial charge on any atom is -0.478 e. The molecule has 1 saturated heterocycles. The summed E-state index contributed by atoms with van der Waals surface area (Å²) in [4.78, 5) is 10.4.